The first kappa shape index (κ1) is 24.0. The first-order chi connectivity index (χ1) is 15.7. The molecule has 3 aromatic rings. The van der Waals surface area contributed by atoms with Gasteiger partial charge in [0.25, 0.3) is 5.91 Å². The van der Waals surface area contributed by atoms with E-state index in [1.165, 1.54) is 31.5 Å². The standard InChI is InChI=1S/C22H14ClF5N2O3/c1-32-15-7-6-11(9-29-30-22(31)13-4-2-3-5-14(13)23)8-12(15)10-33-21-19(27)17(25)16(24)18(26)20(21)28/h2-9H,10H2,1H3,(H,30,31)/b29-9-. The summed E-state index contributed by atoms with van der Waals surface area (Å²) < 4.78 is 77.6. The maximum Gasteiger partial charge on any atom is 0.272 e. The largest absolute Gasteiger partial charge is 0.496 e. The van der Waals surface area contributed by atoms with Crippen LogP contribution < -0.4 is 14.9 Å². The first-order valence-corrected chi connectivity index (χ1v) is 9.51. The SMILES string of the molecule is COc1ccc(/C=N\NC(=O)c2ccccc2Cl)cc1COc1c(F)c(F)c(F)c(F)c1F. The van der Waals surface area contributed by atoms with E-state index in [4.69, 9.17) is 21.1 Å². The van der Waals surface area contributed by atoms with Crippen LogP contribution in [0.2, 0.25) is 5.02 Å². The van der Waals surface area contributed by atoms with Crippen molar-refractivity contribution in [1.82, 2.24) is 5.43 Å². The number of carbonyl (C=O) groups excluding carboxylic acids is 1. The van der Waals surface area contributed by atoms with Crippen LogP contribution in [0.15, 0.2) is 47.6 Å². The molecule has 0 saturated carbocycles. The summed E-state index contributed by atoms with van der Waals surface area (Å²) in [6, 6.07) is 10.8. The molecule has 33 heavy (non-hydrogen) atoms. The summed E-state index contributed by atoms with van der Waals surface area (Å²) >= 11 is 5.94. The average molecular weight is 485 g/mol. The molecule has 0 atom stereocenters. The van der Waals surface area contributed by atoms with Gasteiger partial charge in [-0.3, -0.25) is 4.79 Å². The summed E-state index contributed by atoms with van der Waals surface area (Å²) in [6.45, 7) is -0.588. The number of amides is 1. The van der Waals surface area contributed by atoms with Crippen LogP contribution in [0.5, 0.6) is 11.5 Å². The zero-order valence-corrected chi connectivity index (χ0v) is 17.5. The summed E-state index contributed by atoms with van der Waals surface area (Å²) in [4.78, 5) is 12.1. The van der Waals surface area contributed by atoms with Crippen LogP contribution in [0.4, 0.5) is 22.0 Å². The van der Waals surface area contributed by atoms with Crippen molar-refractivity contribution in [3.05, 3.63) is 93.3 Å². The van der Waals surface area contributed by atoms with Crippen molar-refractivity contribution in [2.75, 3.05) is 7.11 Å². The molecule has 172 valence electrons. The fraction of sp³-hybridized carbons (Fsp3) is 0.0909. The Labute approximate surface area is 189 Å². The van der Waals surface area contributed by atoms with Gasteiger partial charge < -0.3 is 9.47 Å². The predicted octanol–water partition coefficient (Wildman–Crippen LogP) is 5.39. The van der Waals surface area contributed by atoms with E-state index in [-0.39, 0.29) is 21.9 Å². The molecule has 11 heteroatoms. The maximum atomic E-state index is 13.8. The minimum atomic E-state index is -2.29. The zero-order chi connectivity index (χ0) is 24.1. The van der Waals surface area contributed by atoms with Crippen LogP contribution >= 0.6 is 11.6 Å². The summed E-state index contributed by atoms with van der Waals surface area (Å²) in [6.07, 6.45) is 1.26. The molecular formula is C22H14ClF5N2O3. The molecule has 0 aromatic heterocycles. The highest BCUT2D eigenvalue weighted by molar-refractivity contribution is 6.33. The van der Waals surface area contributed by atoms with Crippen molar-refractivity contribution in [1.29, 1.82) is 0 Å². The molecule has 0 aliphatic rings. The lowest BCUT2D eigenvalue weighted by Gasteiger charge is -2.13. The highest BCUT2D eigenvalue weighted by Crippen LogP contribution is 2.30. The molecule has 3 aromatic carbocycles. The highest BCUT2D eigenvalue weighted by atomic mass is 35.5. The van der Waals surface area contributed by atoms with Gasteiger partial charge in [0, 0.05) is 5.56 Å². The van der Waals surface area contributed by atoms with Gasteiger partial charge in [0.2, 0.25) is 29.1 Å². The fourth-order valence-corrected chi connectivity index (χ4v) is 2.95. The van der Waals surface area contributed by atoms with Gasteiger partial charge in [-0.15, -0.1) is 0 Å². The van der Waals surface area contributed by atoms with Crippen LogP contribution in [0.25, 0.3) is 0 Å². The molecule has 0 saturated heterocycles. The normalized spacial score (nSPS) is 11.0. The third kappa shape index (κ3) is 5.23. The van der Waals surface area contributed by atoms with Gasteiger partial charge >= 0.3 is 0 Å². The van der Waals surface area contributed by atoms with E-state index in [9.17, 15) is 26.7 Å². The third-order valence-electron chi connectivity index (χ3n) is 4.34. The number of methoxy groups -OCH3 is 1. The molecule has 0 heterocycles. The lowest BCUT2D eigenvalue weighted by molar-refractivity contribution is 0.0955. The van der Waals surface area contributed by atoms with Crippen molar-refractivity contribution in [3.63, 3.8) is 0 Å². The highest BCUT2D eigenvalue weighted by Gasteiger charge is 2.27. The van der Waals surface area contributed by atoms with E-state index in [1.807, 2.05) is 0 Å². The summed E-state index contributed by atoms with van der Waals surface area (Å²) in [5, 5.41) is 4.05. The molecule has 0 unspecified atom stereocenters. The fourth-order valence-electron chi connectivity index (χ4n) is 2.72. The van der Waals surface area contributed by atoms with Gasteiger partial charge in [0.05, 0.1) is 23.9 Å². The quantitative estimate of drug-likeness (QED) is 0.161. The number of carbonyl (C=O) groups is 1. The molecule has 0 bridgehead atoms. The van der Waals surface area contributed by atoms with E-state index in [2.05, 4.69) is 10.5 Å². The van der Waals surface area contributed by atoms with Crippen molar-refractivity contribution in [2.24, 2.45) is 5.10 Å². The van der Waals surface area contributed by atoms with Crippen LogP contribution in [-0.4, -0.2) is 19.2 Å². The minimum absolute atomic E-state index is 0.211. The topological polar surface area (TPSA) is 59.9 Å². The molecule has 0 spiro atoms. The van der Waals surface area contributed by atoms with Gasteiger partial charge in [-0.1, -0.05) is 23.7 Å². The number of hydrogen-bond donors (Lipinski definition) is 1. The van der Waals surface area contributed by atoms with Crippen LogP contribution in [-0.2, 0) is 6.61 Å². The van der Waals surface area contributed by atoms with E-state index >= 15 is 0 Å². The van der Waals surface area contributed by atoms with Crippen LogP contribution in [0, 0.1) is 29.1 Å². The number of ether oxygens (including phenoxy) is 2. The maximum absolute atomic E-state index is 13.8. The number of hydrogen-bond acceptors (Lipinski definition) is 4. The molecule has 5 nitrogen and oxygen atoms in total. The molecule has 3 rings (SSSR count). The number of hydrazone groups is 1. The smallest absolute Gasteiger partial charge is 0.272 e. The molecule has 1 N–H and O–H groups in total. The van der Waals surface area contributed by atoms with Gasteiger partial charge in [-0.05, 0) is 35.9 Å². The summed E-state index contributed by atoms with van der Waals surface area (Å²) in [7, 11) is 1.31. The number of nitrogens with one attached hydrogen (secondary N) is 1. The average Bonchev–Trinajstić information content (AvgIpc) is 2.81. The third-order valence-corrected chi connectivity index (χ3v) is 4.67. The second-order valence-corrected chi connectivity index (χ2v) is 6.85. The van der Waals surface area contributed by atoms with Crippen molar-refractivity contribution in [2.45, 2.75) is 6.61 Å². The van der Waals surface area contributed by atoms with Crippen LogP contribution in [0.1, 0.15) is 21.5 Å². The summed E-state index contributed by atoms with van der Waals surface area (Å²) in [5.74, 6) is -12.5. The van der Waals surface area contributed by atoms with Crippen molar-refractivity contribution < 1.29 is 36.2 Å². The Morgan fingerprint density at radius 2 is 1.64 bits per heavy atom. The van der Waals surface area contributed by atoms with Crippen molar-refractivity contribution in [3.8, 4) is 11.5 Å². The molecule has 0 aliphatic carbocycles. The Balaban J connectivity index is 1.77. The first-order valence-electron chi connectivity index (χ1n) is 9.13. The van der Waals surface area contributed by atoms with Gasteiger partial charge in [0.15, 0.2) is 5.75 Å². The lowest BCUT2D eigenvalue weighted by atomic mass is 10.1. The zero-order valence-electron chi connectivity index (χ0n) is 16.8. The predicted molar refractivity (Wildman–Crippen MR) is 110 cm³/mol. The second-order valence-electron chi connectivity index (χ2n) is 6.44. The molecular weight excluding hydrogens is 471 g/mol. The Morgan fingerprint density at radius 3 is 2.27 bits per heavy atom. The number of halogens is 6. The Hall–Kier alpha value is -3.66. The van der Waals surface area contributed by atoms with E-state index in [0.29, 0.717) is 5.56 Å². The molecule has 1 amide bonds. The van der Waals surface area contributed by atoms with Crippen molar-refractivity contribution >= 4 is 23.7 Å². The number of benzene rings is 3. The number of rotatable bonds is 7. The van der Waals surface area contributed by atoms with Crippen LogP contribution in [0.3, 0.4) is 0 Å². The molecule has 0 radical (unpaired) electrons. The monoisotopic (exact) mass is 484 g/mol. The van der Waals surface area contributed by atoms with Gasteiger partial charge in [-0.25, -0.2) is 18.6 Å². The Morgan fingerprint density at radius 1 is 1.00 bits per heavy atom. The minimum Gasteiger partial charge on any atom is -0.496 e. The van der Waals surface area contributed by atoms with Gasteiger partial charge in [0.1, 0.15) is 12.4 Å². The van der Waals surface area contributed by atoms with E-state index < -0.39 is 47.3 Å². The Bertz CT molecular complexity index is 1210. The van der Waals surface area contributed by atoms with Gasteiger partial charge in [-0.2, -0.15) is 13.9 Å². The van der Waals surface area contributed by atoms with E-state index in [0.717, 1.165) is 0 Å². The molecule has 0 fully saturated rings. The molecule has 0 aliphatic heterocycles. The second kappa shape index (κ2) is 10.3. The number of nitrogens with zero attached hydrogens (tertiary/aromatic N) is 1. The summed E-state index contributed by atoms with van der Waals surface area (Å²) in [5.41, 5.74) is 3.12. The van der Waals surface area contributed by atoms with E-state index in [1.54, 1.807) is 24.3 Å². The Kier molecular flexibility index (Phi) is 7.49. The lowest BCUT2D eigenvalue weighted by Crippen LogP contribution is -2.18.